The molecule has 1 aliphatic rings. The smallest absolute Gasteiger partial charge is 0.151 e. The second-order valence-corrected chi connectivity index (χ2v) is 7.48. The molecule has 0 saturated heterocycles. The van der Waals surface area contributed by atoms with Crippen LogP contribution in [0, 0.1) is 5.41 Å². The Hall–Kier alpha value is -0.620. The van der Waals surface area contributed by atoms with E-state index in [-0.39, 0.29) is 19.1 Å². The Morgan fingerprint density at radius 3 is 2.28 bits per heavy atom. The zero-order valence-electron chi connectivity index (χ0n) is 10.0. The fourth-order valence-corrected chi connectivity index (χ4v) is 4.94. The molecule has 1 saturated carbocycles. The zero-order chi connectivity index (χ0) is 13.6. The van der Waals surface area contributed by atoms with Crippen LogP contribution in [0.5, 0.6) is 0 Å². The molecule has 0 heterocycles. The van der Waals surface area contributed by atoms with Gasteiger partial charge in [-0.2, -0.15) is 0 Å². The third-order valence-electron chi connectivity index (χ3n) is 3.74. The van der Waals surface area contributed by atoms with Crippen molar-refractivity contribution in [3.63, 3.8) is 0 Å². The number of aliphatic hydroxyl groups excluding tert-OH is 1. The molecule has 0 aromatic heterocycles. The van der Waals surface area contributed by atoms with Crippen LogP contribution in [0.4, 0.5) is 0 Å². The van der Waals surface area contributed by atoms with Crippen LogP contribution in [0.3, 0.4) is 0 Å². The van der Waals surface area contributed by atoms with Gasteiger partial charge in [-0.3, -0.25) is 0 Å². The Morgan fingerprint density at radius 1 is 1.39 bits per heavy atom. The Morgan fingerprint density at radius 2 is 1.94 bits per heavy atom. The molecular formula is C12H16ClNO3S. The van der Waals surface area contributed by atoms with E-state index in [2.05, 4.69) is 0 Å². The van der Waals surface area contributed by atoms with E-state index in [0.29, 0.717) is 5.02 Å². The maximum atomic E-state index is 11.8. The summed E-state index contributed by atoms with van der Waals surface area (Å²) >= 11 is 5.81. The first-order valence-electron chi connectivity index (χ1n) is 5.62. The maximum absolute atomic E-state index is 11.8. The summed E-state index contributed by atoms with van der Waals surface area (Å²) in [7, 11) is -3.24. The van der Waals surface area contributed by atoms with E-state index < -0.39 is 20.5 Å². The highest BCUT2D eigenvalue weighted by molar-refractivity contribution is 7.91. The summed E-state index contributed by atoms with van der Waals surface area (Å²) in [4.78, 5) is 0. The Bertz CT molecular complexity index is 537. The van der Waals surface area contributed by atoms with Gasteiger partial charge in [-0.25, -0.2) is 8.42 Å². The highest BCUT2D eigenvalue weighted by Gasteiger charge is 2.68. The fourth-order valence-electron chi connectivity index (χ4n) is 2.80. The van der Waals surface area contributed by atoms with Crippen molar-refractivity contribution in [2.75, 3.05) is 19.4 Å². The first-order valence-corrected chi connectivity index (χ1v) is 7.95. The lowest BCUT2D eigenvalue weighted by molar-refractivity contribution is 0.212. The quantitative estimate of drug-likeness (QED) is 0.859. The number of hydrogen-bond acceptors (Lipinski definition) is 4. The summed E-state index contributed by atoms with van der Waals surface area (Å²) in [5.74, 6) is -0.250. The SMILES string of the molecule is CS(=O)(=O)[C@H]1[C@@H](c2ccc(Cl)cc2)[C@@]1(CN)CO. The number of benzene rings is 1. The van der Waals surface area contributed by atoms with Gasteiger partial charge in [0.1, 0.15) is 0 Å². The number of halogens is 1. The van der Waals surface area contributed by atoms with Crippen LogP contribution in [-0.4, -0.2) is 38.2 Å². The van der Waals surface area contributed by atoms with Gasteiger partial charge in [0, 0.05) is 29.2 Å². The summed E-state index contributed by atoms with van der Waals surface area (Å²) in [6.07, 6.45) is 1.19. The number of hydrogen-bond donors (Lipinski definition) is 2. The third-order valence-corrected chi connectivity index (χ3v) is 5.66. The van der Waals surface area contributed by atoms with Crippen molar-refractivity contribution >= 4 is 21.4 Å². The molecule has 3 N–H and O–H groups in total. The molecule has 100 valence electrons. The number of nitrogens with two attached hydrogens (primary N) is 1. The van der Waals surface area contributed by atoms with Crippen molar-refractivity contribution in [1.29, 1.82) is 0 Å². The van der Waals surface area contributed by atoms with Crippen molar-refractivity contribution in [3.05, 3.63) is 34.9 Å². The van der Waals surface area contributed by atoms with Gasteiger partial charge in [0.2, 0.25) is 0 Å². The van der Waals surface area contributed by atoms with E-state index in [1.54, 1.807) is 24.3 Å². The van der Waals surface area contributed by atoms with Gasteiger partial charge in [-0.05, 0) is 17.7 Å². The maximum Gasteiger partial charge on any atom is 0.151 e. The van der Waals surface area contributed by atoms with Crippen molar-refractivity contribution in [2.24, 2.45) is 11.1 Å². The molecule has 0 radical (unpaired) electrons. The lowest BCUT2D eigenvalue weighted by atomic mass is 10.0. The lowest BCUT2D eigenvalue weighted by Gasteiger charge is -2.11. The second-order valence-electron chi connectivity index (χ2n) is 4.87. The van der Waals surface area contributed by atoms with Crippen LogP contribution in [0.15, 0.2) is 24.3 Å². The largest absolute Gasteiger partial charge is 0.396 e. The van der Waals surface area contributed by atoms with Gasteiger partial charge in [0.25, 0.3) is 0 Å². The molecule has 0 unspecified atom stereocenters. The minimum atomic E-state index is -3.24. The minimum Gasteiger partial charge on any atom is -0.396 e. The molecule has 1 aromatic carbocycles. The molecule has 1 aliphatic carbocycles. The van der Waals surface area contributed by atoms with Crippen molar-refractivity contribution in [1.82, 2.24) is 0 Å². The van der Waals surface area contributed by atoms with Crippen molar-refractivity contribution < 1.29 is 13.5 Å². The molecule has 18 heavy (non-hydrogen) atoms. The lowest BCUT2D eigenvalue weighted by Crippen LogP contribution is -2.27. The summed E-state index contributed by atoms with van der Waals surface area (Å²) in [5, 5.41) is 9.49. The van der Waals surface area contributed by atoms with E-state index in [0.717, 1.165) is 5.56 Å². The summed E-state index contributed by atoms with van der Waals surface area (Å²) < 4.78 is 23.6. The predicted octanol–water partition coefficient (Wildman–Crippen LogP) is 0.788. The standard InChI is InChI=1S/C12H16ClNO3S/c1-18(16,17)11-10(12(11,6-14)7-15)8-2-4-9(13)5-3-8/h2-5,10-11,15H,6-7,14H2,1H3/t10-,11+,12-/m1/s1. The van der Waals surface area contributed by atoms with Crippen LogP contribution in [0.1, 0.15) is 11.5 Å². The number of aliphatic hydroxyl groups is 1. The highest BCUT2D eigenvalue weighted by atomic mass is 35.5. The monoisotopic (exact) mass is 289 g/mol. The average molecular weight is 290 g/mol. The fraction of sp³-hybridized carbons (Fsp3) is 0.500. The molecule has 6 heteroatoms. The molecule has 0 aliphatic heterocycles. The van der Waals surface area contributed by atoms with E-state index >= 15 is 0 Å². The van der Waals surface area contributed by atoms with Gasteiger partial charge in [0.15, 0.2) is 9.84 Å². The molecule has 1 aromatic rings. The van der Waals surface area contributed by atoms with E-state index in [4.69, 9.17) is 17.3 Å². The van der Waals surface area contributed by atoms with E-state index in [9.17, 15) is 13.5 Å². The van der Waals surface area contributed by atoms with Crippen LogP contribution in [0.2, 0.25) is 5.02 Å². The highest BCUT2D eigenvalue weighted by Crippen LogP contribution is 2.61. The van der Waals surface area contributed by atoms with Gasteiger partial charge < -0.3 is 10.8 Å². The van der Waals surface area contributed by atoms with Crippen molar-refractivity contribution in [3.8, 4) is 0 Å². The topological polar surface area (TPSA) is 80.4 Å². The third kappa shape index (κ3) is 2.05. The number of rotatable bonds is 4. The van der Waals surface area contributed by atoms with Crippen LogP contribution < -0.4 is 5.73 Å². The Labute approximate surface area is 112 Å². The molecule has 4 nitrogen and oxygen atoms in total. The summed E-state index contributed by atoms with van der Waals surface area (Å²) in [6.45, 7) is -0.0803. The molecule has 3 atom stereocenters. The molecular weight excluding hydrogens is 274 g/mol. The van der Waals surface area contributed by atoms with Gasteiger partial charge >= 0.3 is 0 Å². The van der Waals surface area contributed by atoms with Gasteiger partial charge in [-0.1, -0.05) is 23.7 Å². The summed E-state index contributed by atoms with van der Waals surface area (Å²) in [6, 6.07) is 7.01. The van der Waals surface area contributed by atoms with E-state index in [1.807, 2.05) is 0 Å². The van der Waals surface area contributed by atoms with Gasteiger partial charge in [0.05, 0.1) is 11.9 Å². The van der Waals surface area contributed by atoms with E-state index in [1.165, 1.54) is 6.26 Å². The molecule has 2 rings (SSSR count). The first kappa shape index (κ1) is 13.8. The van der Waals surface area contributed by atoms with Crippen LogP contribution in [0.25, 0.3) is 0 Å². The Balaban J connectivity index is 2.41. The molecule has 1 fully saturated rings. The number of sulfone groups is 1. The minimum absolute atomic E-state index is 0.147. The average Bonchev–Trinajstić information content (AvgIpc) is 3.00. The second kappa shape index (κ2) is 4.49. The van der Waals surface area contributed by atoms with Crippen LogP contribution in [-0.2, 0) is 9.84 Å². The summed E-state index contributed by atoms with van der Waals surface area (Å²) in [5.41, 5.74) is 5.78. The Kier molecular flexibility index (Phi) is 3.44. The first-order chi connectivity index (χ1) is 8.36. The van der Waals surface area contributed by atoms with Crippen LogP contribution >= 0.6 is 11.6 Å². The zero-order valence-corrected chi connectivity index (χ0v) is 11.6. The molecule has 0 amide bonds. The molecule has 0 bridgehead atoms. The predicted molar refractivity (Wildman–Crippen MR) is 71.4 cm³/mol. The normalized spacial score (nSPS) is 31.3. The van der Waals surface area contributed by atoms with Crippen molar-refractivity contribution in [2.45, 2.75) is 11.2 Å². The van der Waals surface area contributed by atoms with Gasteiger partial charge in [-0.15, -0.1) is 0 Å². The molecule has 0 spiro atoms.